The molecule has 1 N–H and O–H groups in total. The number of amides is 2. The molecule has 3 aromatic carbocycles. The Bertz CT molecular complexity index is 1460. The maximum atomic E-state index is 13.7. The molecule has 0 saturated carbocycles. The highest BCUT2D eigenvalue weighted by Crippen LogP contribution is 2.38. The Morgan fingerprint density at radius 2 is 1.50 bits per heavy atom. The highest BCUT2D eigenvalue weighted by atomic mass is 32.1. The first-order valence-corrected chi connectivity index (χ1v) is 15.0. The quantitative estimate of drug-likeness (QED) is 0.281. The number of thiophene rings is 1. The number of likely N-dealkylation sites (tertiary alicyclic amines) is 1. The minimum absolute atomic E-state index is 0.00616. The largest absolute Gasteiger partial charge is 0.360 e. The molecule has 0 spiro atoms. The predicted octanol–water partition coefficient (Wildman–Crippen LogP) is 6.62. The number of hydrogen-bond acceptors (Lipinski definition) is 5. The summed E-state index contributed by atoms with van der Waals surface area (Å²) in [6, 6.07) is 26.8. The third-order valence-corrected chi connectivity index (χ3v) is 8.75. The summed E-state index contributed by atoms with van der Waals surface area (Å²) < 4.78 is 0. The monoisotopic (exact) mass is 550 g/mol. The average Bonchev–Trinajstić information content (AvgIpc) is 3.67. The second kappa shape index (κ2) is 12.1. The fourth-order valence-corrected chi connectivity index (χ4v) is 6.63. The number of benzene rings is 3. The van der Waals surface area contributed by atoms with E-state index in [0.717, 1.165) is 42.9 Å². The zero-order valence-electron chi connectivity index (χ0n) is 22.6. The van der Waals surface area contributed by atoms with E-state index >= 15 is 0 Å². The summed E-state index contributed by atoms with van der Waals surface area (Å²) in [6.45, 7) is 6.13. The topological polar surface area (TPSA) is 55.9 Å². The van der Waals surface area contributed by atoms with Crippen LogP contribution in [0.3, 0.4) is 0 Å². The molecule has 1 saturated heterocycles. The van der Waals surface area contributed by atoms with Crippen molar-refractivity contribution in [1.82, 2.24) is 4.90 Å². The molecule has 204 valence electrons. The maximum Gasteiger partial charge on any atom is 0.258 e. The van der Waals surface area contributed by atoms with Crippen molar-refractivity contribution in [2.75, 3.05) is 54.4 Å². The maximum absolute atomic E-state index is 13.7. The first kappa shape index (κ1) is 26.3. The average molecular weight is 551 g/mol. The van der Waals surface area contributed by atoms with Crippen LogP contribution < -0.4 is 15.1 Å². The zero-order valence-corrected chi connectivity index (χ0v) is 23.4. The van der Waals surface area contributed by atoms with Crippen molar-refractivity contribution >= 4 is 39.5 Å². The van der Waals surface area contributed by atoms with Gasteiger partial charge in [0.05, 0.1) is 5.69 Å². The fourth-order valence-electron chi connectivity index (χ4n) is 5.67. The number of fused-ring (bicyclic) bond motifs is 1. The fraction of sp³-hybridized carbons (Fsp3) is 0.273. The Labute approximate surface area is 239 Å². The van der Waals surface area contributed by atoms with Crippen molar-refractivity contribution < 1.29 is 9.59 Å². The molecule has 2 amide bonds. The molecule has 6 rings (SSSR count). The third-order valence-electron chi connectivity index (χ3n) is 7.79. The van der Waals surface area contributed by atoms with Crippen molar-refractivity contribution in [2.24, 2.45) is 0 Å². The van der Waals surface area contributed by atoms with Gasteiger partial charge in [-0.15, -0.1) is 11.3 Å². The first-order valence-electron chi connectivity index (χ1n) is 14.1. The predicted molar refractivity (Wildman–Crippen MR) is 165 cm³/mol. The van der Waals surface area contributed by atoms with Crippen molar-refractivity contribution in [3.05, 3.63) is 101 Å². The van der Waals surface area contributed by atoms with E-state index in [0.29, 0.717) is 23.4 Å². The van der Waals surface area contributed by atoms with Crippen LogP contribution in [0, 0.1) is 0 Å². The first-order chi connectivity index (χ1) is 19.7. The van der Waals surface area contributed by atoms with Gasteiger partial charge in [-0.05, 0) is 85.3 Å². The lowest BCUT2D eigenvalue weighted by atomic mass is 9.99. The molecule has 40 heavy (non-hydrogen) atoms. The number of rotatable bonds is 7. The number of carbonyl (C=O) groups is 2. The molecule has 0 atom stereocenters. The van der Waals surface area contributed by atoms with Gasteiger partial charge in [0.25, 0.3) is 11.8 Å². The van der Waals surface area contributed by atoms with Crippen molar-refractivity contribution in [3.63, 3.8) is 0 Å². The Morgan fingerprint density at radius 1 is 0.750 bits per heavy atom. The number of nitrogens with one attached hydrogen (secondary N) is 1. The molecule has 3 heterocycles. The second-order valence-electron chi connectivity index (χ2n) is 10.4. The molecule has 7 heteroatoms. The van der Waals surface area contributed by atoms with E-state index in [4.69, 9.17) is 0 Å². The minimum Gasteiger partial charge on any atom is -0.360 e. The van der Waals surface area contributed by atoms with Gasteiger partial charge in [-0.1, -0.05) is 48.5 Å². The molecule has 1 aromatic heterocycles. The van der Waals surface area contributed by atoms with Crippen LogP contribution in [0.4, 0.5) is 16.4 Å². The van der Waals surface area contributed by atoms with E-state index in [-0.39, 0.29) is 11.8 Å². The Balaban J connectivity index is 1.14. The molecule has 4 aromatic rings. The van der Waals surface area contributed by atoms with Crippen LogP contribution in [-0.2, 0) is 0 Å². The van der Waals surface area contributed by atoms with Crippen LogP contribution in [0.2, 0.25) is 0 Å². The lowest BCUT2D eigenvalue weighted by molar-refractivity contribution is 0.0986. The van der Waals surface area contributed by atoms with Gasteiger partial charge in [-0.2, -0.15) is 0 Å². The van der Waals surface area contributed by atoms with Gasteiger partial charge < -0.3 is 20.0 Å². The molecule has 0 bridgehead atoms. The highest BCUT2D eigenvalue weighted by Gasteiger charge is 2.27. The van der Waals surface area contributed by atoms with E-state index in [1.807, 2.05) is 83.8 Å². The summed E-state index contributed by atoms with van der Waals surface area (Å²) in [5, 5.41) is 6.28. The Morgan fingerprint density at radius 3 is 2.30 bits per heavy atom. The van der Waals surface area contributed by atoms with E-state index < -0.39 is 0 Å². The summed E-state index contributed by atoms with van der Waals surface area (Å²) in [6.07, 6.45) is 3.54. The van der Waals surface area contributed by atoms with Gasteiger partial charge in [0.2, 0.25) is 0 Å². The normalized spacial score (nSPS) is 15.5. The molecular weight excluding hydrogens is 516 g/mol. The van der Waals surface area contributed by atoms with Crippen LogP contribution >= 0.6 is 11.3 Å². The summed E-state index contributed by atoms with van der Waals surface area (Å²) >= 11 is 1.72. The SMILES string of the molecule is O=C(Nc1ccc(C(=O)N2CCCN(CCN3CCCC3)c3sccc32)cc1)c1ccccc1-c1ccccc1. The van der Waals surface area contributed by atoms with Crippen molar-refractivity contribution in [1.29, 1.82) is 0 Å². The number of carbonyl (C=O) groups excluding carboxylic acids is 2. The zero-order chi connectivity index (χ0) is 27.3. The van der Waals surface area contributed by atoms with E-state index in [2.05, 4.69) is 26.6 Å². The van der Waals surface area contributed by atoms with Gasteiger partial charge in [0.15, 0.2) is 0 Å². The van der Waals surface area contributed by atoms with Crippen LogP contribution in [0.15, 0.2) is 90.3 Å². The molecular formula is C33H34N4O2S. The van der Waals surface area contributed by atoms with E-state index in [1.54, 1.807) is 11.3 Å². The Kier molecular flexibility index (Phi) is 7.93. The molecule has 6 nitrogen and oxygen atoms in total. The van der Waals surface area contributed by atoms with Crippen LogP contribution in [-0.4, -0.2) is 56.0 Å². The minimum atomic E-state index is -0.178. The lowest BCUT2D eigenvalue weighted by Crippen LogP contribution is -2.33. The molecule has 1 fully saturated rings. The van der Waals surface area contributed by atoms with Crippen molar-refractivity contribution in [3.8, 4) is 11.1 Å². The standard InChI is InChI=1S/C33H34N4O2S/c38-31(29-12-5-4-11-28(29)25-9-2-1-3-10-25)34-27-15-13-26(14-16-27)32(39)37-21-8-20-36(33-30(37)17-24-40-33)23-22-35-18-6-7-19-35/h1-5,9-17,24H,6-8,18-23H2,(H,34,38). The molecule has 2 aliphatic heterocycles. The van der Waals surface area contributed by atoms with Gasteiger partial charge in [0, 0.05) is 43.0 Å². The molecule has 2 aliphatic rings. The molecule has 0 unspecified atom stereocenters. The van der Waals surface area contributed by atoms with Gasteiger partial charge in [0.1, 0.15) is 5.00 Å². The lowest BCUT2D eigenvalue weighted by Gasteiger charge is -2.26. The molecule has 0 radical (unpaired) electrons. The van der Waals surface area contributed by atoms with Crippen LogP contribution in [0.1, 0.15) is 40.0 Å². The summed E-state index contributed by atoms with van der Waals surface area (Å²) in [5.41, 5.74) is 4.76. The van der Waals surface area contributed by atoms with Gasteiger partial charge >= 0.3 is 0 Å². The highest BCUT2D eigenvalue weighted by molar-refractivity contribution is 7.15. The van der Waals surface area contributed by atoms with Crippen LogP contribution in [0.25, 0.3) is 11.1 Å². The van der Waals surface area contributed by atoms with E-state index in [1.165, 1.54) is 30.9 Å². The summed E-state index contributed by atoms with van der Waals surface area (Å²) in [7, 11) is 0. The number of nitrogens with zero attached hydrogens (tertiary/aromatic N) is 3. The van der Waals surface area contributed by atoms with Gasteiger partial charge in [-0.3, -0.25) is 9.59 Å². The van der Waals surface area contributed by atoms with Gasteiger partial charge in [-0.25, -0.2) is 0 Å². The number of anilines is 3. The third kappa shape index (κ3) is 5.67. The number of hydrogen-bond donors (Lipinski definition) is 1. The Hall–Kier alpha value is -3.94. The summed E-state index contributed by atoms with van der Waals surface area (Å²) in [5.74, 6) is -0.184. The summed E-state index contributed by atoms with van der Waals surface area (Å²) in [4.78, 5) is 33.8. The molecule has 0 aliphatic carbocycles. The second-order valence-corrected chi connectivity index (χ2v) is 11.3. The van der Waals surface area contributed by atoms with Crippen LogP contribution in [0.5, 0.6) is 0 Å². The smallest absolute Gasteiger partial charge is 0.258 e. The van der Waals surface area contributed by atoms with Crippen molar-refractivity contribution in [2.45, 2.75) is 19.3 Å². The van der Waals surface area contributed by atoms with E-state index in [9.17, 15) is 9.59 Å².